The highest BCUT2D eigenvalue weighted by Crippen LogP contribution is 2.25. The highest BCUT2D eigenvalue weighted by Gasteiger charge is 2.32. The van der Waals surface area contributed by atoms with Crippen LogP contribution in [0.4, 0.5) is 0 Å². The summed E-state index contributed by atoms with van der Waals surface area (Å²) in [6, 6.07) is 4.68. The zero-order valence-corrected chi connectivity index (χ0v) is 17.1. The fourth-order valence-electron chi connectivity index (χ4n) is 3.37. The zero-order valence-electron chi connectivity index (χ0n) is 16.2. The number of piperidine rings is 1. The van der Waals surface area contributed by atoms with Crippen molar-refractivity contribution in [1.82, 2.24) is 18.8 Å². The third-order valence-corrected chi connectivity index (χ3v) is 6.96. The van der Waals surface area contributed by atoms with E-state index in [-0.39, 0.29) is 23.6 Å². The Kier molecular flexibility index (Phi) is 5.13. The van der Waals surface area contributed by atoms with Gasteiger partial charge in [-0.2, -0.15) is 4.31 Å². The van der Waals surface area contributed by atoms with Gasteiger partial charge >= 0.3 is 11.8 Å². The molecule has 0 N–H and O–H groups in total. The number of oxazole rings is 1. The van der Waals surface area contributed by atoms with E-state index in [9.17, 15) is 13.2 Å². The van der Waals surface area contributed by atoms with E-state index in [2.05, 4.69) is 9.97 Å². The minimum atomic E-state index is -3.74. The first-order chi connectivity index (χ1) is 13.9. The number of aromatic nitrogens is 3. The van der Waals surface area contributed by atoms with Gasteiger partial charge in [-0.15, -0.1) is 0 Å². The zero-order chi connectivity index (χ0) is 20.6. The summed E-state index contributed by atoms with van der Waals surface area (Å²) in [4.78, 5) is 20.2. The van der Waals surface area contributed by atoms with Crippen LogP contribution in [-0.2, 0) is 23.5 Å². The van der Waals surface area contributed by atoms with Crippen LogP contribution in [0.25, 0.3) is 11.1 Å². The number of rotatable bonds is 5. The summed E-state index contributed by atoms with van der Waals surface area (Å²) in [6.45, 7) is 2.63. The number of nitrogens with zero attached hydrogens (tertiary/aromatic N) is 4. The van der Waals surface area contributed by atoms with Crippen molar-refractivity contribution in [2.45, 2.75) is 37.2 Å². The molecule has 0 saturated carbocycles. The third kappa shape index (κ3) is 3.77. The van der Waals surface area contributed by atoms with Crippen LogP contribution >= 0.6 is 0 Å². The topological polar surface area (TPSA) is 108 Å². The molecule has 1 aromatic carbocycles. The molecule has 1 fully saturated rings. The fourth-order valence-corrected chi connectivity index (χ4v) is 4.90. The van der Waals surface area contributed by atoms with Gasteiger partial charge in [0, 0.05) is 26.0 Å². The van der Waals surface area contributed by atoms with E-state index in [0.29, 0.717) is 24.1 Å². The van der Waals surface area contributed by atoms with Gasteiger partial charge in [-0.05, 0) is 43.0 Å². The van der Waals surface area contributed by atoms with Crippen molar-refractivity contribution in [3.8, 4) is 6.01 Å². The van der Waals surface area contributed by atoms with Crippen LogP contribution in [0.5, 0.6) is 6.01 Å². The standard InChI is InChI=1S/C19H22N4O5S/c1-3-13-10-20-18(21-11-13)27-14-5-4-8-23(12-14)29(25,26)15-6-7-17-16(9-15)22(2)19(24)28-17/h6-7,9-11,14H,3-5,8,12H2,1-2H3. The van der Waals surface area contributed by atoms with Crippen molar-refractivity contribution in [3.63, 3.8) is 0 Å². The van der Waals surface area contributed by atoms with E-state index in [4.69, 9.17) is 9.15 Å². The molecule has 1 aliphatic heterocycles. The smallest absolute Gasteiger partial charge is 0.419 e. The molecular formula is C19H22N4O5S. The first-order valence-corrected chi connectivity index (χ1v) is 10.9. The average Bonchev–Trinajstić information content (AvgIpc) is 3.02. The van der Waals surface area contributed by atoms with E-state index in [1.54, 1.807) is 19.4 Å². The van der Waals surface area contributed by atoms with Gasteiger partial charge in [0.25, 0.3) is 0 Å². The lowest BCUT2D eigenvalue weighted by Gasteiger charge is -2.31. The molecule has 0 amide bonds. The lowest BCUT2D eigenvalue weighted by atomic mass is 10.1. The Hall–Kier alpha value is -2.72. The van der Waals surface area contributed by atoms with Crippen LogP contribution in [0.15, 0.2) is 44.7 Å². The molecule has 2 aromatic heterocycles. The van der Waals surface area contributed by atoms with Gasteiger partial charge in [0.05, 0.1) is 17.0 Å². The van der Waals surface area contributed by atoms with Gasteiger partial charge < -0.3 is 9.15 Å². The fraction of sp³-hybridized carbons (Fsp3) is 0.421. The second-order valence-corrected chi connectivity index (χ2v) is 8.97. The molecule has 3 heterocycles. The summed E-state index contributed by atoms with van der Waals surface area (Å²) >= 11 is 0. The second kappa shape index (κ2) is 7.60. The number of hydrogen-bond acceptors (Lipinski definition) is 7. The van der Waals surface area contributed by atoms with E-state index in [1.165, 1.54) is 27.1 Å². The first kappa shape index (κ1) is 19.6. The van der Waals surface area contributed by atoms with Crippen LogP contribution < -0.4 is 10.5 Å². The molecule has 1 aliphatic rings. The molecular weight excluding hydrogens is 396 g/mol. The molecule has 0 bridgehead atoms. The number of hydrogen-bond donors (Lipinski definition) is 0. The number of sulfonamides is 1. The first-order valence-electron chi connectivity index (χ1n) is 9.46. The SMILES string of the molecule is CCc1cnc(OC2CCCN(S(=O)(=O)c3ccc4oc(=O)n(C)c4c3)C2)nc1. The molecule has 154 valence electrons. The maximum Gasteiger partial charge on any atom is 0.419 e. The molecule has 1 saturated heterocycles. The number of ether oxygens (including phenoxy) is 1. The average molecular weight is 418 g/mol. The maximum atomic E-state index is 13.2. The summed E-state index contributed by atoms with van der Waals surface area (Å²) in [7, 11) is -2.20. The Balaban J connectivity index is 1.54. The summed E-state index contributed by atoms with van der Waals surface area (Å²) in [5.41, 5.74) is 1.79. The lowest BCUT2D eigenvalue weighted by molar-refractivity contribution is 0.119. The molecule has 1 unspecified atom stereocenters. The van der Waals surface area contributed by atoms with Crippen LogP contribution in [0.1, 0.15) is 25.3 Å². The predicted octanol–water partition coefficient (Wildman–Crippen LogP) is 1.72. The van der Waals surface area contributed by atoms with E-state index < -0.39 is 15.8 Å². The monoisotopic (exact) mass is 418 g/mol. The molecule has 1 atom stereocenters. The Morgan fingerprint density at radius 2 is 2.03 bits per heavy atom. The van der Waals surface area contributed by atoms with Gasteiger partial charge in [0.15, 0.2) is 5.58 Å². The Morgan fingerprint density at radius 1 is 1.28 bits per heavy atom. The molecule has 0 radical (unpaired) electrons. The van der Waals surface area contributed by atoms with Crippen molar-refractivity contribution in [2.75, 3.05) is 13.1 Å². The second-order valence-electron chi connectivity index (χ2n) is 7.03. The maximum absolute atomic E-state index is 13.2. The quantitative estimate of drug-likeness (QED) is 0.621. The molecule has 9 nitrogen and oxygen atoms in total. The Bertz CT molecular complexity index is 1180. The van der Waals surface area contributed by atoms with Crippen LogP contribution in [0.3, 0.4) is 0 Å². The molecule has 0 spiro atoms. The van der Waals surface area contributed by atoms with Crippen molar-refractivity contribution in [2.24, 2.45) is 7.05 Å². The van der Waals surface area contributed by atoms with Crippen molar-refractivity contribution in [3.05, 3.63) is 46.7 Å². The normalized spacial score (nSPS) is 18.2. The Morgan fingerprint density at radius 3 is 2.76 bits per heavy atom. The van der Waals surface area contributed by atoms with E-state index >= 15 is 0 Å². The Labute approximate surface area is 168 Å². The van der Waals surface area contributed by atoms with Crippen molar-refractivity contribution < 1.29 is 17.6 Å². The van der Waals surface area contributed by atoms with Crippen LogP contribution in [0.2, 0.25) is 0 Å². The van der Waals surface area contributed by atoms with Gasteiger partial charge in [-0.1, -0.05) is 6.92 Å². The lowest BCUT2D eigenvalue weighted by Crippen LogP contribution is -2.44. The molecule has 3 aromatic rings. The minimum absolute atomic E-state index is 0.116. The van der Waals surface area contributed by atoms with Crippen LogP contribution in [-0.4, -0.2) is 46.5 Å². The van der Waals surface area contributed by atoms with Crippen LogP contribution in [0, 0.1) is 0 Å². The van der Waals surface area contributed by atoms with Gasteiger partial charge in [-0.3, -0.25) is 4.57 Å². The molecule has 0 aliphatic carbocycles. The van der Waals surface area contributed by atoms with E-state index in [1.807, 2.05) is 6.92 Å². The van der Waals surface area contributed by atoms with Crippen molar-refractivity contribution >= 4 is 21.1 Å². The summed E-state index contributed by atoms with van der Waals surface area (Å²) in [6.07, 6.45) is 5.33. The number of fused-ring (bicyclic) bond motifs is 1. The summed E-state index contributed by atoms with van der Waals surface area (Å²) in [5, 5.41) is 0. The number of benzene rings is 1. The molecule has 29 heavy (non-hydrogen) atoms. The summed E-state index contributed by atoms with van der Waals surface area (Å²) in [5.74, 6) is -0.532. The predicted molar refractivity (Wildman–Crippen MR) is 105 cm³/mol. The highest BCUT2D eigenvalue weighted by molar-refractivity contribution is 7.89. The van der Waals surface area contributed by atoms with Crippen molar-refractivity contribution in [1.29, 1.82) is 0 Å². The highest BCUT2D eigenvalue weighted by atomic mass is 32.2. The molecule has 10 heteroatoms. The van der Waals surface area contributed by atoms with Gasteiger partial charge in [0.1, 0.15) is 6.10 Å². The third-order valence-electron chi connectivity index (χ3n) is 5.10. The largest absolute Gasteiger partial charge is 0.459 e. The number of aryl methyl sites for hydroxylation is 2. The summed E-state index contributed by atoms with van der Waals surface area (Å²) < 4.78 is 39.9. The van der Waals surface area contributed by atoms with E-state index in [0.717, 1.165) is 18.4 Å². The molecule has 4 rings (SSSR count). The van der Waals surface area contributed by atoms with Gasteiger partial charge in [0.2, 0.25) is 10.0 Å². The minimum Gasteiger partial charge on any atom is -0.459 e. The van der Waals surface area contributed by atoms with Gasteiger partial charge in [-0.25, -0.2) is 23.2 Å².